The molecule has 0 aliphatic carbocycles. The van der Waals surface area contributed by atoms with Gasteiger partial charge in [-0.3, -0.25) is 0 Å². The predicted molar refractivity (Wildman–Crippen MR) is 441 cm³/mol. The molecule has 0 saturated carbocycles. The maximum Gasteiger partial charge on any atom is 0.800 e. The Morgan fingerprint density at radius 3 is 0.756 bits per heavy atom. The number of hydrogen-bond acceptors (Lipinski definition) is 15. The number of aliphatic imine (C=N–C) groups is 8. The zero-order valence-electron chi connectivity index (χ0n) is 61.0. The molecule has 8 aliphatic heterocycles. The minimum Gasteiger partial charge on any atom is -0.482 e. The Labute approximate surface area is 676 Å². The number of rotatable bonds is 10. The van der Waals surface area contributed by atoms with Crippen LogP contribution in [0.3, 0.4) is 0 Å². The summed E-state index contributed by atoms with van der Waals surface area (Å²) in [6.45, 7) is 0. The minimum atomic E-state index is -5.29. The molecule has 119 heavy (non-hydrogen) atoms. The highest BCUT2D eigenvalue weighted by atomic mass is 28.5. The smallest absolute Gasteiger partial charge is 0.482 e. The van der Waals surface area contributed by atoms with Crippen LogP contribution in [-0.2, 0) is 11.1 Å². The first-order valence-electron chi connectivity index (χ1n) is 37.5. The summed E-state index contributed by atoms with van der Waals surface area (Å²) in [6.07, 6.45) is 0. The van der Waals surface area contributed by atoms with E-state index in [2.05, 4.69) is 0 Å². The molecule has 0 radical (unpaired) electrons. The monoisotopic (exact) mass is 1630 g/mol. The Morgan fingerprint density at radius 1 is 0.210 bits per heavy atom. The Balaban J connectivity index is 0.871. The lowest BCUT2D eigenvalue weighted by molar-refractivity contribution is 0.350. The lowest BCUT2D eigenvalue weighted by Crippen LogP contribution is -2.78. The summed E-state index contributed by atoms with van der Waals surface area (Å²) >= 11 is -9.09. The third kappa shape index (κ3) is 10.5. The van der Waals surface area contributed by atoms with E-state index in [9.17, 15) is 4.12 Å². The molecule has 0 fully saturated rings. The maximum absolute atomic E-state index is 17.0. The lowest BCUT2D eigenvalue weighted by Gasteiger charge is -2.44. The fourth-order valence-electron chi connectivity index (χ4n) is 17.2. The van der Waals surface area contributed by atoms with Crippen molar-refractivity contribution in [3.8, 4) is 0 Å². The maximum atomic E-state index is 17.0. The SMILES string of the molecule is Fc1ccc2c(c1)C1=NC2=Nc2c3cc(F)ccc3c3[n]2[Al]([O][Si](O[Si]([O][Al]2[n]4c5c6cc(F)ccc6c4N=C4N=C(N=c6c7cc(F)ccc7c([n]62)=NC2=NC(=N5)c5ccc(F)cc52)c2ccc(F)cc24)(c2ccccc2)c2ccccc2)(c2ccccc2)c2ccccc2)[n]2c(c4ccc(F)cc4c2=NC2=NC(=N3)c3cc(F)ccc32)=N1. The van der Waals surface area contributed by atoms with Crippen molar-refractivity contribution in [1.29, 1.82) is 0 Å². The first-order chi connectivity index (χ1) is 58.1. The van der Waals surface area contributed by atoms with E-state index in [1.165, 1.54) is 121 Å². The lowest BCUT2D eigenvalue weighted by atomic mass is 10.1. The van der Waals surface area contributed by atoms with Crippen LogP contribution in [0.25, 0.3) is 43.1 Å². The van der Waals surface area contributed by atoms with Crippen LogP contribution < -0.4 is 42.7 Å². The molecule has 16 aromatic rings. The van der Waals surface area contributed by atoms with Crippen LogP contribution in [0, 0.1) is 46.5 Å². The van der Waals surface area contributed by atoms with Gasteiger partial charge in [0.2, 0.25) is 0 Å². The predicted octanol–water partition coefficient (Wildman–Crippen LogP) is 12.5. The van der Waals surface area contributed by atoms with Crippen molar-refractivity contribution < 1.29 is 46.2 Å². The molecular weight excluding hydrogens is 1590 g/mol. The summed E-state index contributed by atoms with van der Waals surface area (Å²) in [7, 11) is -10.6. The second-order valence-corrected chi connectivity index (χ2v) is 40.1. The summed E-state index contributed by atoms with van der Waals surface area (Å²) in [5.41, 5.74) is 2.46. The summed E-state index contributed by atoms with van der Waals surface area (Å²) in [4.78, 5) is 64.3. The van der Waals surface area contributed by atoms with Gasteiger partial charge in [0.1, 0.15) is 91.8 Å². The number of aromatic nitrogens is 4. The van der Waals surface area contributed by atoms with E-state index in [1.54, 1.807) is 38.5 Å². The highest BCUT2D eigenvalue weighted by Gasteiger charge is 2.61. The van der Waals surface area contributed by atoms with E-state index >= 15 is 35.1 Å². The Hall–Kier alpha value is -13.8. The van der Waals surface area contributed by atoms with Crippen LogP contribution >= 0.6 is 0 Å². The van der Waals surface area contributed by atoms with Crippen molar-refractivity contribution in [2.45, 2.75) is 0 Å². The van der Waals surface area contributed by atoms with Gasteiger partial charge in [-0.25, -0.2) is 95.0 Å². The third-order valence-electron chi connectivity index (χ3n) is 22.4. The van der Waals surface area contributed by atoms with Crippen molar-refractivity contribution >= 4 is 181 Å². The van der Waals surface area contributed by atoms with Crippen molar-refractivity contribution in [2.24, 2.45) is 59.9 Å². The zero-order chi connectivity index (χ0) is 79.6. The molecule has 0 atom stereocenters. The van der Waals surface area contributed by atoms with E-state index in [4.69, 9.17) is 66.9 Å². The largest absolute Gasteiger partial charge is 0.800 e. The van der Waals surface area contributed by atoms with Gasteiger partial charge in [-0.15, -0.1) is 0 Å². The van der Waals surface area contributed by atoms with Gasteiger partial charge in [0.05, 0.1) is 0 Å². The second kappa shape index (κ2) is 25.8. The summed E-state index contributed by atoms with van der Waals surface area (Å²) in [5, 5.41) is 3.64. The Kier molecular flexibility index (Phi) is 15.1. The molecule has 31 heteroatoms. The molecule has 12 heterocycles. The zero-order valence-corrected chi connectivity index (χ0v) is 65.3. The van der Waals surface area contributed by atoms with Crippen LogP contribution in [-0.4, -0.2) is 108 Å². The molecule has 4 aromatic heterocycles. The minimum absolute atomic E-state index is 0.0102. The van der Waals surface area contributed by atoms with Crippen molar-refractivity contribution in [3.63, 3.8) is 0 Å². The summed E-state index contributed by atoms with van der Waals surface area (Å²) < 4.78 is 167. The van der Waals surface area contributed by atoms with Crippen LogP contribution in [0.1, 0.15) is 44.5 Å². The number of nitrogens with zero attached hydrogens (tertiary/aromatic N) is 16. The Morgan fingerprint density at radius 2 is 0.445 bits per heavy atom. The first kappa shape index (κ1) is 69.5. The van der Waals surface area contributed by atoms with Crippen LogP contribution in [0.5, 0.6) is 0 Å². The van der Waals surface area contributed by atoms with E-state index in [1.807, 2.05) is 121 Å². The average Bonchev–Trinajstić information content (AvgIpc) is 1.54. The van der Waals surface area contributed by atoms with Crippen molar-refractivity contribution in [2.75, 3.05) is 0 Å². The van der Waals surface area contributed by atoms with E-state index < -0.39 is 93.5 Å². The standard InChI is InChI=1S/2C32H12F4N8.C24H20O3Si2.2Al/c2*33-13-1-5-17-21(9-13)29-37-25(17)41-30-22-10-14(34)2-6-18(22)27(38-30)43-32-24-12-16(36)4-8-20(24)28(40-32)44-31-23-11-15(35)3-7-19(23)26(39-31)42-29;25-28(21-13-5-1-6-14-21,22-15-7-2-8-16-22)27-29(26,23-17-9-3-10-18-23)24-19-11-4-12-20-24;;/h2*1-12H;1-20H;;/q3*-2;2*+3. The molecule has 0 spiro atoms. The molecule has 564 valence electrons. The quantitative estimate of drug-likeness (QED) is 0.0972. The molecule has 19 nitrogen and oxygen atoms in total. The van der Waals surface area contributed by atoms with Gasteiger partial charge >= 0.3 is 47.0 Å². The molecule has 8 aliphatic rings. The summed E-state index contributed by atoms with van der Waals surface area (Å²) in [6, 6.07) is 70.0. The van der Waals surface area contributed by atoms with Gasteiger partial charge in [-0.1, -0.05) is 121 Å². The summed E-state index contributed by atoms with van der Waals surface area (Å²) in [5.74, 6) is -5.02. The van der Waals surface area contributed by atoms with Crippen LogP contribution in [0.15, 0.2) is 327 Å². The van der Waals surface area contributed by atoms with Gasteiger partial charge in [0.15, 0.2) is 46.7 Å². The van der Waals surface area contributed by atoms with Gasteiger partial charge in [-0.05, 0) is 166 Å². The topological polar surface area (TPSA) is 196 Å². The number of benzene rings is 12. The van der Waals surface area contributed by atoms with E-state index in [0.717, 1.165) is 0 Å². The molecule has 12 bridgehead atoms. The number of fused-ring (bicyclic) bond motifs is 28. The normalized spacial score (nSPS) is 15.0. The molecule has 12 aromatic carbocycles. The Bertz CT molecular complexity index is 7390. The number of hydrogen-bond donors (Lipinski definition) is 0. The van der Waals surface area contributed by atoms with Crippen LogP contribution in [0.4, 0.5) is 58.4 Å². The fourth-order valence-corrected chi connectivity index (χ4v) is 35.1. The van der Waals surface area contributed by atoms with Crippen molar-refractivity contribution in [3.05, 3.63) is 380 Å². The van der Waals surface area contributed by atoms with Crippen molar-refractivity contribution in [1.82, 2.24) is 14.2 Å². The second-order valence-electron chi connectivity index (χ2n) is 29.2. The van der Waals surface area contributed by atoms with Gasteiger partial charge in [-0.2, -0.15) is 0 Å². The van der Waals surface area contributed by atoms with E-state index in [0.29, 0.717) is 64.5 Å². The van der Waals surface area contributed by atoms with Gasteiger partial charge in [0.25, 0.3) is 0 Å². The van der Waals surface area contributed by atoms with Gasteiger partial charge in [0, 0.05) is 87.6 Å². The van der Waals surface area contributed by atoms with Crippen LogP contribution in [0.2, 0.25) is 0 Å². The highest BCUT2D eigenvalue weighted by Crippen LogP contribution is 2.46. The third-order valence-corrected chi connectivity index (χ3v) is 37.1. The molecule has 0 N–H and O–H groups in total. The molecule has 24 rings (SSSR count). The molecular formula is C88H44Al2F8N16O3Si2. The number of amidine groups is 8. The first-order valence-corrected chi connectivity index (χ1v) is 44.2. The number of halogens is 8. The average molecular weight is 1640 g/mol. The highest BCUT2D eigenvalue weighted by molar-refractivity contribution is 7.07. The van der Waals surface area contributed by atoms with Gasteiger partial charge < -0.3 is 25.3 Å². The molecule has 0 unspecified atom stereocenters. The van der Waals surface area contributed by atoms with E-state index in [-0.39, 0.29) is 136 Å². The molecule has 0 saturated heterocycles. The molecule has 0 amide bonds. The fraction of sp³-hybridized carbons (Fsp3) is 0.